The lowest BCUT2D eigenvalue weighted by Crippen LogP contribution is -2.34. The third-order valence-electron chi connectivity index (χ3n) is 5.43. The van der Waals surface area contributed by atoms with E-state index in [-0.39, 0.29) is 13.0 Å². The normalized spacial score (nSPS) is 14.6. The van der Waals surface area contributed by atoms with Crippen molar-refractivity contribution in [2.45, 2.75) is 32.1 Å². The van der Waals surface area contributed by atoms with E-state index in [1.54, 1.807) is 6.20 Å². The fourth-order valence-electron chi connectivity index (χ4n) is 3.88. The highest BCUT2D eigenvalue weighted by atomic mass is 32.1. The van der Waals surface area contributed by atoms with Crippen molar-refractivity contribution in [1.82, 2.24) is 15.0 Å². The molecule has 2 N–H and O–H groups in total. The molecule has 1 fully saturated rings. The van der Waals surface area contributed by atoms with Crippen molar-refractivity contribution in [3.05, 3.63) is 53.0 Å². The highest BCUT2D eigenvalue weighted by molar-refractivity contribution is 7.13. The molecule has 3 heterocycles. The van der Waals surface area contributed by atoms with Crippen LogP contribution in [0.1, 0.15) is 36.3 Å². The molecule has 1 aromatic carbocycles. The minimum absolute atomic E-state index is 0.0159. The van der Waals surface area contributed by atoms with Gasteiger partial charge < -0.3 is 15.3 Å². The number of thiazole rings is 1. The lowest BCUT2D eigenvalue weighted by molar-refractivity contribution is -0.136. The van der Waals surface area contributed by atoms with Gasteiger partial charge >= 0.3 is 5.97 Å². The fraction of sp³-hybridized carbons (Fsp3) is 0.364. The summed E-state index contributed by atoms with van der Waals surface area (Å²) in [6.07, 6.45) is 3.92. The first-order chi connectivity index (χ1) is 14.6. The molecular formula is C22H25N5O2S. The molecule has 156 valence electrons. The molecule has 0 atom stereocenters. The van der Waals surface area contributed by atoms with Crippen LogP contribution in [0.4, 0.5) is 11.8 Å². The predicted molar refractivity (Wildman–Crippen MR) is 119 cm³/mol. The van der Waals surface area contributed by atoms with Gasteiger partial charge in [-0.05, 0) is 36.8 Å². The van der Waals surface area contributed by atoms with Gasteiger partial charge in [0.2, 0.25) is 5.95 Å². The number of aromatic nitrogens is 3. The van der Waals surface area contributed by atoms with E-state index >= 15 is 0 Å². The highest BCUT2D eigenvalue weighted by Crippen LogP contribution is 2.33. The van der Waals surface area contributed by atoms with Gasteiger partial charge in [0.1, 0.15) is 16.5 Å². The number of aliphatic carboxylic acids is 1. The van der Waals surface area contributed by atoms with Gasteiger partial charge in [0.25, 0.3) is 0 Å². The number of hydrogen-bond acceptors (Lipinski definition) is 7. The Hall–Kier alpha value is -3.00. The zero-order valence-corrected chi connectivity index (χ0v) is 17.7. The number of piperidine rings is 1. The Morgan fingerprint density at radius 1 is 1.27 bits per heavy atom. The van der Waals surface area contributed by atoms with Crippen molar-refractivity contribution in [3.8, 4) is 10.7 Å². The summed E-state index contributed by atoms with van der Waals surface area (Å²) in [5, 5.41) is 14.7. The zero-order valence-electron chi connectivity index (χ0n) is 16.9. The number of carboxylic acids is 1. The van der Waals surface area contributed by atoms with Gasteiger partial charge in [0, 0.05) is 37.3 Å². The van der Waals surface area contributed by atoms with E-state index in [0.29, 0.717) is 11.9 Å². The van der Waals surface area contributed by atoms with Gasteiger partial charge in [-0.2, -0.15) is 4.98 Å². The largest absolute Gasteiger partial charge is 0.481 e. The molecule has 30 heavy (non-hydrogen) atoms. The first kappa shape index (κ1) is 20.3. The molecule has 7 nitrogen and oxygen atoms in total. The molecular weight excluding hydrogens is 398 g/mol. The Morgan fingerprint density at radius 3 is 2.77 bits per heavy atom. The van der Waals surface area contributed by atoms with Crippen LogP contribution in [0.15, 0.2) is 41.9 Å². The van der Waals surface area contributed by atoms with Crippen LogP contribution >= 0.6 is 11.3 Å². The summed E-state index contributed by atoms with van der Waals surface area (Å²) in [4.78, 5) is 26.7. The van der Waals surface area contributed by atoms with E-state index < -0.39 is 5.97 Å². The smallest absolute Gasteiger partial charge is 0.305 e. The maximum Gasteiger partial charge on any atom is 0.305 e. The highest BCUT2D eigenvalue weighted by Gasteiger charge is 2.23. The molecule has 1 aliphatic heterocycles. The van der Waals surface area contributed by atoms with Crippen molar-refractivity contribution in [1.29, 1.82) is 0 Å². The van der Waals surface area contributed by atoms with E-state index in [0.717, 1.165) is 42.5 Å². The van der Waals surface area contributed by atoms with Crippen LogP contribution in [0.25, 0.3) is 10.7 Å². The third-order valence-corrected chi connectivity index (χ3v) is 6.23. The van der Waals surface area contributed by atoms with Crippen LogP contribution in [0.3, 0.4) is 0 Å². The maximum atomic E-state index is 10.8. The van der Waals surface area contributed by atoms with Crippen LogP contribution in [0.5, 0.6) is 0 Å². The van der Waals surface area contributed by atoms with E-state index in [9.17, 15) is 4.79 Å². The Kier molecular flexibility index (Phi) is 6.23. The predicted octanol–water partition coefficient (Wildman–Crippen LogP) is 4.18. The number of carbonyl (C=O) groups is 1. The average molecular weight is 424 g/mol. The number of nitrogens with zero attached hydrogens (tertiary/aromatic N) is 4. The number of rotatable bonds is 7. The van der Waals surface area contributed by atoms with Crippen molar-refractivity contribution in [2.75, 3.05) is 29.9 Å². The summed E-state index contributed by atoms with van der Waals surface area (Å²) in [5.74, 6) is 1.02. The van der Waals surface area contributed by atoms with Gasteiger partial charge in [-0.15, -0.1) is 11.3 Å². The van der Waals surface area contributed by atoms with E-state index in [1.807, 2.05) is 11.4 Å². The quantitative estimate of drug-likeness (QED) is 0.589. The van der Waals surface area contributed by atoms with Crippen LogP contribution in [-0.4, -0.2) is 45.7 Å². The summed E-state index contributed by atoms with van der Waals surface area (Å²) < 4.78 is 0. The third kappa shape index (κ3) is 4.76. The van der Waals surface area contributed by atoms with Crippen LogP contribution in [-0.2, 0) is 4.79 Å². The van der Waals surface area contributed by atoms with Crippen molar-refractivity contribution >= 4 is 29.1 Å². The van der Waals surface area contributed by atoms with Crippen LogP contribution < -0.4 is 10.2 Å². The molecule has 0 aliphatic carbocycles. The number of anilines is 2. The summed E-state index contributed by atoms with van der Waals surface area (Å²) in [7, 11) is 0. The monoisotopic (exact) mass is 423 g/mol. The fourth-order valence-corrected chi connectivity index (χ4v) is 4.48. The molecule has 4 rings (SSSR count). The SMILES string of the molecule is Cc1ccccc1C1CCN(c2cc(-c3nccs3)nc(NCCC(=O)O)n2)CC1. The first-order valence-corrected chi connectivity index (χ1v) is 11.0. The number of aryl methyl sites for hydroxylation is 1. The van der Waals surface area contributed by atoms with E-state index in [4.69, 9.17) is 5.11 Å². The van der Waals surface area contributed by atoms with Crippen molar-refractivity contribution in [2.24, 2.45) is 0 Å². The molecule has 1 aliphatic rings. The minimum Gasteiger partial charge on any atom is -0.481 e. The molecule has 0 saturated carbocycles. The Bertz CT molecular complexity index is 1000. The summed E-state index contributed by atoms with van der Waals surface area (Å²) >= 11 is 1.53. The average Bonchev–Trinajstić information content (AvgIpc) is 3.29. The molecule has 2 aromatic heterocycles. The van der Waals surface area contributed by atoms with Gasteiger partial charge in [-0.3, -0.25) is 4.79 Å². The number of nitrogens with one attached hydrogen (secondary N) is 1. The lowest BCUT2D eigenvalue weighted by Gasteiger charge is -2.33. The molecule has 0 radical (unpaired) electrons. The number of hydrogen-bond donors (Lipinski definition) is 2. The molecule has 0 bridgehead atoms. The molecule has 0 unspecified atom stereocenters. The van der Waals surface area contributed by atoms with Gasteiger partial charge in [-0.25, -0.2) is 9.97 Å². The minimum atomic E-state index is -0.850. The van der Waals surface area contributed by atoms with Gasteiger partial charge in [0.15, 0.2) is 0 Å². The molecule has 0 spiro atoms. The van der Waals surface area contributed by atoms with E-state index in [2.05, 4.69) is 56.4 Å². The molecule has 1 saturated heterocycles. The summed E-state index contributed by atoms with van der Waals surface area (Å²) in [6.45, 7) is 4.30. The molecule has 3 aromatic rings. The Labute approximate surface area is 179 Å². The maximum absolute atomic E-state index is 10.8. The standard InChI is InChI=1S/C22H25N5O2S/c1-15-4-2-3-5-17(15)16-7-11-27(12-8-16)19-14-18(21-23-10-13-30-21)25-22(26-19)24-9-6-20(28)29/h2-5,10,13-14,16H,6-9,11-12H2,1H3,(H,28,29)(H,24,25,26). The second-order valence-corrected chi connectivity index (χ2v) is 8.36. The second-order valence-electron chi connectivity index (χ2n) is 7.46. The zero-order chi connectivity index (χ0) is 20.9. The topological polar surface area (TPSA) is 91.2 Å². The molecule has 8 heteroatoms. The van der Waals surface area contributed by atoms with Crippen molar-refractivity contribution in [3.63, 3.8) is 0 Å². The lowest BCUT2D eigenvalue weighted by atomic mass is 9.87. The first-order valence-electron chi connectivity index (χ1n) is 10.2. The van der Waals surface area contributed by atoms with Crippen LogP contribution in [0, 0.1) is 6.92 Å². The molecule has 0 amide bonds. The van der Waals surface area contributed by atoms with E-state index in [1.165, 1.54) is 22.5 Å². The van der Waals surface area contributed by atoms with Crippen LogP contribution in [0.2, 0.25) is 0 Å². The summed E-state index contributed by atoms with van der Waals surface area (Å²) in [5.41, 5.74) is 3.56. The van der Waals surface area contributed by atoms with Gasteiger partial charge in [0.05, 0.1) is 6.42 Å². The summed E-state index contributed by atoms with van der Waals surface area (Å²) in [6, 6.07) is 10.6. The second kappa shape index (κ2) is 9.21. The number of benzene rings is 1. The van der Waals surface area contributed by atoms with Crippen molar-refractivity contribution < 1.29 is 9.90 Å². The number of carboxylic acid groups (broad SMARTS) is 1. The Balaban J connectivity index is 1.52. The van der Waals surface area contributed by atoms with Gasteiger partial charge in [-0.1, -0.05) is 24.3 Å². The Morgan fingerprint density at radius 2 is 2.07 bits per heavy atom.